The van der Waals surface area contributed by atoms with Gasteiger partial charge in [-0.3, -0.25) is 9.78 Å². The van der Waals surface area contributed by atoms with Crippen LogP contribution in [0, 0.1) is 0 Å². The van der Waals surface area contributed by atoms with Crippen LogP contribution in [0.1, 0.15) is 0 Å². The number of nitrogens with zero attached hydrogens (tertiary/aromatic N) is 2. The Balaban J connectivity index is 2.29. The average Bonchev–Trinajstić information content (AvgIpc) is 2.76. The third kappa shape index (κ3) is 1.95. The molecule has 0 unspecified atom stereocenters. The van der Waals surface area contributed by atoms with Crippen LogP contribution in [0.25, 0.3) is 22.6 Å². The number of H-pyrrole nitrogens is 2. The molecule has 8 heteroatoms. The summed E-state index contributed by atoms with van der Waals surface area (Å²) in [7, 11) is 0. The summed E-state index contributed by atoms with van der Waals surface area (Å²) in [6, 6.07) is 5.38. The van der Waals surface area contributed by atoms with Gasteiger partial charge >= 0.3 is 0 Å². The van der Waals surface area contributed by atoms with Crippen molar-refractivity contribution in [2.24, 2.45) is 0 Å². The first kappa shape index (κ1) is 11.7. The van der Waals surface area contributed by atoms with Crippen LogP contribution in [0.2, 0.25) is 0 Å². The number of imidazole rings is 1. The Labute approximate surface area is 115 Å². The normalized spacial score (nSPS) is 11.0. The number of rotatable bonds is 1. The SMILES string of the molecule is Nc1nc2nc(-c3cc(Br)ccc3N)[nH]c2c(=O)[nH]1. The Morgan fingerprint density at radius 2 is 1.95 bits per heavy atom. The van der Waals surface area contributed by atoms with Gasteiger partial charge in [-0.15, -0.1) is 0 Å². The number of aromatic nitrogens is 4. The smallest absolute Gasteiger partial charge is 0.278 e. The topological polar surface area (TPSA) is 126 Å². The summed E-state index contributed by atoms with van der Waals surface area (Å²) in [6.45, 7) is 0. The fraction of sp³-hybridized carbons (Fsp3) is 0. The molecule has 19 heavy (non-hydrogen) atoms. The number of benzene rings is 1. The van der Waals surface area contributed by atoms with E-state index in [1.54, 1.807) is 6.07 Å². The molecule has 0 fully saturated rings. The van der Waals surface area contributed by atoms with E-state index in [0.29, 0.717) is 17.1 Å². The van der Waals surface area contributed by atoms with Gasteiger partial charge in [-0.05, 0) is 18.2 Å². The van der Waals surface area contributed by atoms with Crippen LogP contribution in [0.4, 0.5) is 11.6 Å². The second-order valence-corrected chi connectivity index (χ2v) is 4.88. The molecule has 0 saturated heterocycles. The molecule has 1 aromatic carbocycles. The van der Waals surface area contributed by atoms with Crippen LogP contribution >= 0.6 is 15.9 Å². The van der Waals surface area contributed by atoms with Crippen molar-refractivity contribution in [2.45, 2.75) is 0 Å². The second kappa shape index (κ2) is 4.09. The standard InChI is InChI=1S/C11H9BrN6O/c12-4-1-2-6(13)5(3-4)8-15-7-9(16-8)17-11(14)18-10(7)19/h1-3H,13H2,(H4,14,15,16,17,18,19). The first-order valence-corrected chi connectivity index (χ1v) is 6.15. The van der Waals surface area contributed by atoms with E-state index in [2.05, 4.69) is 35.9 Å². The number of nitrogens with two attached hydrogens (primary N) is 2. The van der Waals surface area contributed by atoms with Crippen LogP contribution in [0.15, 0.2) is 27.5 Å². The molecule has 6 N–H and O–H groups in total. The van der Waals surface area contributed by atoms with Gasteiger partial charge in [0.05, 0.1) is 0 Å². The molecule has 3 rings (SSSR count). The molecule has 7 nitrogen and oxygen atoms in total. The van der Waals surface area contributed by atoms with Gasteiger partial charge in [-0.2, -0.15) is 4.98 Å². The number of halogens is 1. The third-order valence-electron chi connectivity index (χ3n) is 2.65. The van der Waals surface area contributed by atoms with Crippen molar-refractivity contribution in [2.75, 3.05) is 11.5 Å². The van der Waals surface area contributed by atoms with Crippen molar-refractivity contribution < 1.29 is 0 Å². The summed E-state index contributed by atoms with van der Waals surface area (Å²) in [6.07, 6.45) is 0. The van der Waals surface area contributed by atoms with Crippen molar-refractivity contribution >= 4 is 38.7 Å². The van der Waals surface area contributed by atoms with E-state index in [0.717, 1.165) is 4.47 Å². The van der Waals surface area contributed by atoms with Crippen molar-refractivity contribution in [3.05, 3.63) is 33.0 Å². The van der Waals surface area contributed by atoms with Gasteiger partial charge in [0, 0.05) is 15.7 Å². The molecule has 96 valence electrons. The number of anilines is 2. The Kier molecular flexibility index (Phi) is 2.53. The maximum atomic E-state index is 11.7. The number of hydrogen-bond acceptors (Lipinski definition) is 5. The number of nitrogen functional groups attached to an aromatic ring is 2. The molecule has 0 bridgehead atoms. The molecule has 0 atom stereocenters. The summed E-state index contributed by atoms with van der Waals surface area (Å²) in [4.78, 5) is 25.2. The first-order chi connectivity index (χ1) is 9.04. The molecule has 3 aromatic rings. The van der Waals surface area contributed by atoms with Crippen molar-refractivity contribution in [1.82, 2.24) is 19.9 Å². The van der Waals surface area contributed by atoms with Crippen molar-refractivity contribution in [1.29, 1.82) is 0 Å². The molecule has 0 spiro atoms. The summed E-state index contributed by atoms with van der Waals surface area (Å²) in [5.74, 6) is 0.496. The highest BCUT2D eigenvalue weighted by molar-refractivity contribution is 9.10. The van der Waals surface area contributed by atoms with Gasteiger partial charge in [-0.25, -0.2) is 4.98 Å². The number of fused-ring (bicyclic) bond motifs is 1. The van der Waals surface area contributed by atoms with Crippen molar-refractivity contribution in [3.63, 3.8) is 0 Å². The molecular formula is C11H9BrN6O. The van der Waals surface area contributed by atoms with Crippen LogP contribution in [0.5, 0.6) is 0 Å². The first-order valence-electron chi connectivity index (χ1n) is 5.35. The zero-order chi connectivity index (χ0) is 13.6. The van der Waals surface area contributed by atoms with Gasteiger partial charge in [0.15, 0.2) is 11.2 Å². The lowest BCUT2D eigenvalue weighted by atomic mass is 10.2. The fourth-order valence-electron chi connectivity index (χ4n) is 1.79. The Morgan fingerprint density at radius 3 is 2.74 bits per heavy atom. The minimum atomic E-state index is -0.366. The third-order valence-corrected chi connectivity index (χ3v) is 3.14. The molecule has 0 saturated carbocycles. The van der Waals surface area contributed by atoms with Gasteiger partial charge in [0.2, 0.25) is 5.95 Å². The summed E-state index contributed by atoms with van der Waals surface area (Å²) in [5, 5.41) is 0. The van der Waals surface area contributed by atoms with E-state index in [4.69, 9.17) is 11.5 Å². The molecule has 2 heterocycles. The van der Waals surface area contributed by atoms with Gasteiger partial charge in [0.1, 0.15) is 5.82 Å². The molecule has 0 aliphatic heterocycles. The Bertz CT molecular complexity index is 837. The molecule has 2 aromatic heterocycles. The lowest BCUT2D eigenvalue weighted by Gasteiger charge is -2.02. The zero-order valence-corrected chi connectivity index (χ0v) is 11.2. The largest absolute Gasteiger partial charge is 0.398 e. The monoisotopic (exact) mass is 320 g/mol. The van der Waals surface area contributed by atoms with Crippen LogP contribution < -0.4 is 17.0 Å². The summed E-state index contributed by atoms with van der Waals surface area (Å²) >= 11 is 3.36. The van der Waals surface area contributed by atoms with Crippen LogP contribution in [-0.4, -0.2) is 19.9 Å². The predicted molar refractivity (Wildman–Crippen MR) is 76.5 cm³/mol. The van der Waals surface area contributed by atoms with Gasteiger partial charge in [0.25, 0.3) is 5.56 Å². The molecule has 0 radical (unpaired) electrons. The Hall–Kier alpha value is -2.35. The number of nitrogens with one attached hydrogen (secondary N) is 2. The van der Waals surface area contributed by atoms with Crippen molar-refractivity contribution in [3.8, 4) is 11.4 Å². The van der Waals surface area contributed by atoms with Crippen LogP contribution in [0.3, 0.4) is 0 Å². The van der Waals surface area contributed by atoms with E-state index in [1.165, 1.54) is 0 Å². The zero-order valence-electron chi connectivity index (χ0n) is 9.57. The number of aromatic amines is 2. The highest BCUT2D eigenvalue weighted by Crippen LogP contribution is 2.27. The second-order valence-electron chi connectivity index (χ2n) is 3.97. The summed E-state index contributed by atoms with van der Waals surface area (Å²) in [5.41, 5.74) is 12.8. The van der Waals surface area contributed by atoms with Gasteiger partial charge in [-0.1, -0.05) is 15.9 Å². The molecule has 0 amide bonds. The van der Waals surface area contributed by atoms with E-state index in [1.807, 2.05) is 12.1 Å². The average molecular weight is 321 g/mol. The van der Waals surface area contributed by atoms with E-state index in [9.17, 15) is 4.79 Å². The maximum Gasteiger partial charge on any atom is 0.278 e. The molecule has 0 aliphatic carbocycles. The van der Waals surface area contributed by atoms with E-state index in [-0.39, 0.29) is 22.7 Å². The minimum absolute atomic E-state index is 0.0257. The van der Waals surface area contributed by atoms with Crippen LogP contribution in [-0.2, 0) is 0 Å². The lowest BCUT2D eigenvalue weighted by molar-refractivity contribution is 1.17. The number of hydrogen-bond donors (Lipinski definition) is 4. The quantitative estimate of drug-likeness (QED) is 0.502. The minimum Gasteiger partial charge on any atom is -0.398 e. The maximum absolute atomic E-state index is 11.7. The van der Waals surface area contributed by atoms with Gasteiger partial charge < -0.3 is 16.5 Å². The molecular weight excluding hydrogens is 312 g/mol. The van der Waals surface area contributed by atoms with E-state index >= 15 is 0 Å². The molecule has 0 aliphatic rings. The predicted octanol–water partition coefficient (Wildman–Crippen LogP) is 1.24. The Morgan fingerprint density at radius 1 is 1.16 bits per heavy atom. The lowest BCUT2D eigenvalue weighted by Crippen LogP contribution is -2.10. The highest BCUT2D eigenvalue weighted by atomic mass is 79.9. The highest BCUT2D eigenvalue weighted by Gasteiger charge is 2.12. The fourth-order valence-corrected chi connectivity index (χ4v) is 2.15. The summed E-state index contributed by atoms with van der Waals surface area (Å²) < 4.78 is 0.860. The van der Waals surface area contributed by atoms with E-state index < -0.39 is 0 Å².